The highest BCUT2D eigenvalue weighted by atomic mass is 16.1. The van der Waals surface area contributed by atoms with E-state index in [9.17, 15) is 4.79 Å². The highest BCUT2D eigenvalue weighted by Crippen LogP contribution is 2.50. The van der Waals surface area contributed by atoms with Crippen LogP contribution in [-0.2, 0) is 0 Å². The Labute approximate surface area is 241 Å². The second-order valence-corrected chi connectivity index (χ2v) is 10.4. The Bertz CT molecular complexity index is 1990. The van der Waals surface area contributed by atoms with Gasteiger partial charge in [-0.05, 0) is 74.2 Å². The van der Waals surface area contributed by atoms with Gasteiger partial charge in [0, 0.05) is 0 Å². The van der Waals surface area contributed by atoms with Gasteiger partial charge in [-0.1, -0.05) is 48.5 Å². The molecule has 2 aliphatic heterocycles. The summed E-state index contributed by atoms with van der Waals surface area (Å²) in [7, 11) is 0. The van der Waals surface area contributed by atoms with Crippen LogP contribution >= 0.6 is 0 Å². The number of carbonyl (C=O) groups is 1. The highest BCUT2D eigenvalue weighted by Gasteiger charge is 2.38. The lowest BCUT2D eigenvalue weighted by molar-refractivity contribution is 0.106. The molecule has 9 heteroatoms. The summed E-state index contributed by atoms with van der Waals surface area (Å²) in [6.07, 6.45) is 6.37. The maximum atomic E-state index is 12.4. The molecule has 0 atom stereocenters. The summed E-state index contributed by atoms with van der Waals surface area (Å²) in [6, 6.07) is 20.4. The van der Waals surface area contributed by atoms with Crippen LogP contribution < -0.4 is 20.5 Å². The fraction of sp³-hybridized carbons (Fsp3) is 0.121. The summed E-state index contributed by atoms with van der Waals surface area (Å²) in [5, 5.41) is 8.88. The molecule has 2 aliphatic rings. The molecule has 3 aromatic carbocycles. The van der Waals surface area contributed by atoms with Gasteiger partial charge < -0.3 is 0 Å². The average molecular weight is 551 g/mol. The first-order valence-corrected chi connectivity index (χ1v) is 13.6. The van der Waals surface area contributed by atoms with Crippen LogP contribution in [0.25, 0.3) is 17.1 Å². The van der Waals surface area contributed by atoms with Crippen LogP contribution in [0.1, 0.15) is 32.7 Å². The standard InChI is InChI=1S/C33H26N8O/c1-19-9-7-10-20(2)30(19)40-27(16-15-25-28-29(35-18-34-25)26(42)17-36-39-28)41(31-21(3)11-8-12-22(31)4)33-32(40)37-23-13-5-6-14-24(23)38-33/h5-18H,1-4H3/b25-15+. The van der Waals surface area contributed by atoms with Gasteiger partial charge in [0.25, 0.3) is 0 Å². The van der Waals surface area contributed by atoms with Crippen molar-refractivity contribution in [1.29, 1.82) is 0 Å². The topological polar surface area (TPSA) is 99.8 Å². The van der Waals surface area contributed by atoms with Crippen LogP contribution in [-0.4, -0.2) is 31.9 Å². The molecule has 0 fully saturated rings. The predicted octanol–water partition coefficient (Wildman–Crippen LogP) is 5.07. The number of hydrogen-bond donors (Lipinski definition) is 0. The summed E-state index contributed by atoms with van der Waals surface area (Å²) in [6.45, 7) is 8.40. The van der Waals surface area contributed by atoms with Gasteiger partial charge in [0.15, 0.2) is 11.6 Å². The van der Waals surface area contributed by atoms with Crippen LogP contribution in [0.5, 0.6) is 0 Å². The smallest absolute Gasteiger partial charge is 0.226 e. The average Bonchev–Trinajstić information content (AvgIpc) is 3.27. The van der Waals surface area contributed by atoms with Crippen molar-refractivity contribution in [2.24, 2.45) is 10.2 Å². The molecular formula is C33H26N8O. The van der Waals surface area contributed by atoms with E-state index in [1.165, 1.54) is 12.5 Å². The SMILES string of the molecule is Cc1cccc(C)c1N1C(=C/C=c2/ncnc3c2=NN=CC3=O)N(c2c(C)cccc2C)c2nc3ccccc3nc21. The first-order valence-electron chi connectivity index (χ1n) is 13.6. The minimum Gasteiger partial charge on any atom is -0.286 e. The van der Waals surface area contributed by atoms with Gasteiger partial charge in [-0.2, -0.15) is 5.10 Å². The molecule has 9 nitrogen and oxygen atoms in total. The number of aromatic nitrogens is 4. The lowest BCUT2D eigenvalue weighted by Gasteiger charge is -2.28. The van der Waals surface area contributed by atoms with Gasteiger partial charge in [0.1, 0.15) is 23.2 Å². The van der Waals surface area contributed by atoms with Crippen molar-refractivity contribution < 1.29 is 4.79 Å². The number of para-hydroxylation sites is 4. The third-order valence-electron chi connectivity index (χ3n) is 7.55. The molecule has 0 saturated carbocycles. The van der Waals surface area contributed by atoms with E-state index in [1.807, 2.05) is 36.4 Å². The normalized spacial score (nSPS) is 14.3. The molecule has 0 saturated heterocycles. The Kier molecular flexibility index (Phi) is 5.93. The van der Waals surface area contributed by atoms with Gasteiger partial charge in [0.05, 0.1) is 34.0 Å². The van der Waals surface area contributed by atoms with E-state index in [0.717, 1.165) is 62.1 Å². The lowest BCUT2D eigenvalue weighted by Crippen LogP contribution is -2.37. The second-order valence-electron chi connectivity index (χ2n) is 10.4. The number of rotatable bonds is 3. The minimum absolute atomic E-state index is 0.229. The maximum Gasteiger partial charge on any atom is 0.226 e. The van der Waals surface area contributed by atoms with Crippen molar-refractivity contribution in [3.8, 4) is 0 Å². The quantitative estimate of drug-likeness (QED) is 0.309. The van der Waals surface area contributed by atoms with Gasteiger partial charge >= 0.3 is 0 Å². The summed E-state index contributed by atoms with van der Waals surface area (Å²) in [4.78, 5) is 35.7. The molecule has 0 bridgehead atoms. The number of Topliss-reactive ketones (excluding diaryl/α,β-unsaturated/α-hetero) is 1. The number of benzene rings is 3. The number of aryl methyl sites for hydroxylation is 4. The van der Waals surface area contributed by atoms with E-state index >= 15 is 0 Å². The summed E-state index contributed by atoms with van der Waals surface area (Å²) < 4.78 is 0. The number of allylic oxidation sites excluding steroid dienone is 1. The van der Waals surface area contributed by atoms with E-state index in [1.54, 1.807) is 0 Å². The van der Waals surface area contributed by atoms with Crippen LogP contribution in [0.2, 0.25) is 0 Å². The Morgan fingerprint density at radius 1 is 0.667 bits per heavy atom. The van der Waals surface area contributed by atoms with E-state index in [2.05, 4.69) is 94.1 Å². The van der Waals surface area contributed by atoms with Crippen molar-refractivity contribution in [2.75, 3.05) is 9.80 Å². The van der Waals surface area contributed by atoms with E-state index in [0.29, 0.717) is 10.7 Å². The monoisotopic (exact) mass is 550 g/mol. The number of fused-ring (bicyclic) bond motifs is 3. The van der Waals surface area contributed by atoms with Gasteiger partial charge in [0.2, 0.25) is 5.78 Å². The van der Waals surface area contributed by atoms with Crippen LogP contribution in [0, 0.1) is 27.7 Å². The molecule has 2 aromatic heterocycles. The number of hydrogen-bond acceptors (Lipinski definition) is 9. The zero-order valence-corrected chi connectivity index (χ0v) is 23.6. The molecule has 4 heterocycles. The van der Waals surface area contributed by atoms with Crippen molar-refractivity contribution in [2.45, 2.75) is 27.7 Å². The van der Waals surface area contributed by atoms with Crippen molar-refractivity contribution in [3.63, 3.8) is 0 Å². The van der Waals surface area contributed by atoms with Crippen molar-refractivity contribution in [1.82, 2.24) is 19.9 Å². The Morgan fingerprint density at radius 3 is 1.76 bits per heavy atom. The Morgan fingerprint density at radius 2 is 1.21 bits per heavy atom. The molecule has 0 amide bonds. The first kappa shape index (κ1) is 25.4. The number of nitrogens with zero attached hydrogens (tertiary/aromatic N) is 8. The second kappa shape index (κ2) is 9.81. The predicted molar refractivity (Wildman–Crippen MR) is 164 cm³/mol. The van der Waals surface area contributed by atoms with Crippen LogP contribution in [0.3, 0.4) is 0 Å². The minimum atomic E-state index is -0.299. The van der Waals surface area contributed by atoms with Gasteiger partial charge in [-0.3, -0.25) is 14.6 Å². The first-order chi connectivity index (χ1) is 20.4. The third-order valence-corrected chi connectivity index (χ3v) is 7.55. The van der Waals surface area contributed by atoms with E-state index in [-0.39, 0.29) is 11.5 Å². The molecule has 5 aromatic rings. The van der Waals surface area contributed by atoms with Crippen LogP contribution in [0.4, 0.5) is 23.0 Å². The molecule has 42 heavy (non-hydrogen) atoms. The lowest BCUT2D eigenvalue weighted by atomic mass is 10.1. The molecule has 7 rings (SSSR count). The largest absolute Gasteiger partial charge is 0.286 e. The maximum absolute atomic E-state index is 12.4. The fourth-order valence-corrected chi connectivity index (χ4v) is 5.65. The Hall–Kier alpha value is -5.57. The number of ketones is 1. The van der Waals surface area contributed by atoms with E-state index in [4.69, 9.17) is 9.97 Å². The molecule has 0 unspecified atom stereocenters. The molecule has 0 aliphatic carbocycles. The summed E-state index contributed by atoms with van der Waals surface area (Å²) >= 11 is 0. The summed E-state index contributed by atoms with van der Waals surface area (Å²) in [5.41, 5.74) is 8.26. The molecule has 204 valence electrons. The third kappa shape index (κ3) is 3.97. The van der Waals surface area contributed by atoms with Crippen molar-refractivity contribution >= 4 is 52.1 Å². The molecule has 0 spiro atoms. The van der Waals surface area contributed by atoms with Crippen LogP contribution in [0.15, 0.2) is 89.1 Å². The zero-order valence-electron chi connectivity index (χ0n) is 23.6. The molecule has 0 N–H and O–H groups in total. The number of anilines is 4. The Balaban J connectivity index is 1.59. The van der Waals surface area contributed by atoms with Gasteiger partial charge in [-0.25, -0.2) is 19.9 Å². The fourth-order valence-electron chi connectivity index (χ4n) is 5.65. The van der Waals surface area contributed by atoms with Gasteiger partial charge in [-0.15, -0.1) is 5.10 Å². The zero-order chi connectivity index (χ0) is 29.0. The highest BCUT2D eigenvalue weighted by molar-refractivity contribution is 6.34. The van der Waals surface area contributed by atoms with Crippen molar-refractivity contribution in [3.05, 3.63) is 118 Å². The molecule has 0 radical (unpaired) electrons. The number of carbonyl (C=O) groups excluding carboxylic acids is 1. The summed E-state index contributed by atoms with van der Waals surface area (Å²) in [5.74, 6) is 1.96. The van der Waals surface area contributed by atoms with E-state index < -0.39 is 0 Å². The molecular weight excluding hydrogens is 524 g/mol.